The van der Waals surface area contributed by atoms with Crippen LogP contribution >= 0.6 is 11.6 Å². The van der Waals surface area contributed by atoms with Crippen molar-refractivity contribution in [2.75, 3.05) is 0 Å². The molecule has 0 aliphatic heterocycles. The third-order valence-electron chi connectivity index (χ3n) is 3.14. The van der Waals surface area contributed by atoms with E-state index in [0.29, 0.717) is 6.42 Å². The van der Waals surface area contributed by atoms with Gasteiger partial charge in [-0.15, -0.1) is 0 Å². The van der Waals surface area contributed by atoms with Gasteiger partial charge >= 0.3 is 0 Å². The molecular weight excluding hydrogens is 265 g/mol. The van der Waals surface area contributed by atoms with Crippen molar-refractivity contribution >= 4 is 17.4 Å². The Labute approximate surface area is 116 Å². The van der Waals surface area contributed by atoms with Gasteiger partial charge in [0.1, 0.15) is 11.6 Å². The second-order valence-electron chi connectivity index (χ2n) is 4.71. The van der Waals surface area contributed by atoms with Crippen molar-refractivity contribution in [1.29, 1.82) is 0 Å². The molecule has 2 nitrogen and oxygen atoms in total. The summed E-state index contributed by atoms with van der Waals surface area (Å²) in [6, 6.07) is 6.60. The normalized spacial score (nSPS) is 10.8. The van der Waals surface area contributed by atoms with Crippen molar-refractivity contribution < 1.29 is 9.18 Å². The molecule has 0 aliphatic rings. The molecule has 0 spiro atoms. The predicted molar refractivity (Wildman–Crippen MR) is 74.6 cm³/mol. The summed E-state index contributed by atoms with van der Waals surface area (Å²) in [5.41, 5.74) is 3.77. The van der Waals surface area contributed by atoms with Crippen LogP contribution in [0.1, 0.15) is 23.9 Å². The predicted octanol–water partition coefficient (Wildman–Crippen LogP) is 4.02. The van der Waals surface area contributed by atoms with Crippen LogP contribution in [0.3, 0.4) is 0 Å². The van der Waals surface area contributed by atoms with E-state index in [1.165, 1.54) is 6.07 Å². The lowest BCUT2D eigenvalue weighted by molar-refractivity contribution is -0.116. The molecule has 0 saturated heterocycles. The van der Waals surface area contributed by atoms with Crippen LogP contribution in [0, 0.1) is 19.7 Å². The molecule has 0 N–H and O–H groups in total. The number of nitrogens with zero attached hydrogens (tertiary/aromatic N) is 1. The molecule has 0 fully saturated rings. The number of aromatic nitrogens is 1. The van der Waals surface area contributed by atoms with Crippen molar-refractivity contribution in [3.8, 4) is 5.69 Å². The molecular formula is C15H15ClFNO. The number of benzene rings is 1. The van der Waals surface area contributed by atoms with E-state index in [-0.39, 0.29) is 10.8 Å². The average Bonchev–Trinajstić information content (AvgIpc) is 2.58. The average molecular weight is 280 g/mol. The fourth-order valence-electron chi connectivity index (χ4n) is 2.30. The minimum absolute atomic E-state index is 0.0955. The first kappa shape index (κ1) is 13.8. The maximum Gasteiger partial charge on any atom is 0.141 e. The lowest BCUT2D eigenvalue weighted by Gasteiger charge is -2.10. The molecule has 1 aromatic heterocycles. The molecule has 1 aromatic carbocycles. The van der Waals surface area contributed by atoms with Crippen LogP contribution in [0.4, 0.5) is 4.39 Å². The topological polar surface area (TPSA) is 22.0 Å². The number of hydrogen-bond donors (Lipinski definition) is 0. The smallest absolute Gasteiger partial charge is 0.141 e. The maximum absolute atomic E-state index is 13.2. The summed E-state index contributed by atoms with van der Waals surface area (Å²) in [5, 5.41) is 0.0955. The van der Waals surface area contributed by atoms with Gasteiger partial charge in [0.15, 0.2) is 0 Å². The highest BCUT2D eigenvalue weighted by atomic mass is 35.5. The van der Waals surface area contributed by atoms with Crippen molar-refractivity contribution in [2.45, 2.75) is 27.2 Å². The van der Waals surface area contributed by atoms with E-state index in [0.717, 1.165) is 22.6 Å². The Morgan fingerprint density at radius 3 is 2.58 bits per heavy atom. The van der Waals surface area contributed by atoms with Crippen LogP contribution in [0.2, 0.25) is 5.02 Å². The van der Waals surface area contributed by atoms with Gasteiger partial charge in [0.25, 0.3) is 0 Å². The van der Waals surface area contributed by atoms with Crippen LogP contribution in [0.5, 0.6) is 0 Å². The number of hydrogen-bond acceptors (Lipinski definition) is 1. The summed E-state index contributed by atoms with van der Waals surface area (Å²) in [6.45, 7) is 5.47. The van der Waals surface area contributed by atoms with E-state index in [1.807, 2.05) is 24.5 Å². The third-order valence-corrected chi connectivity index (χ3v) is 3.43. The molecule has 100 valence electrons. The van der Waals surface area contributed by atoms with Gasteiger partial charge in [0, 0.05) is 23.5 Å². The largest absolute Gasteiger partial charge is 0.318 e. The number of rotatable bonds is 3. The molecule has 19 heavy (non-hydrogen) atoms. The monoisotopic (exact) mass is 279 g/mol. The van der Waals surface area contributed by atoms with Crippen LogP contribution in [-0.4, -0.2) is 10.4 Å². The van der Waals surface area contributed by atoms with E-state index in [1.54, 1.807) is 19.1 Å². The van der Waals surface area contributed by atoms with Crippen molar-refractivity contribution in [2.24, 2.45) is 0 Å². The van der Waals surface area contributed by atoms with E-state index >= 15 is 0 Å². The molecule has 2 aromatic rings. The fraction of sp³-hybridized carbons (Fsp3) is 0.267. The zero-order valence-electron chi connectivity index (χ0n) is 11.1. The number of ketones is 1. The summed E-state index contributed by atoms with van der Waals surface area (Å²) in [4.78, 5) is 11.2. The molecule has 0 saturated carbocycles. The molecule has 0 bridgehead atoms. The molecule has 0 aliphatic carbocycles. The maximum atomic E-state index is 13.2. The number of aryl methyl sites for hydroxylation is 1. The van der Waals surface area contributed by atoms with Crippen LogP contribution in [0.25, 0.3) is 5.69 Å². The fourth-order valence-corrected chi connectivity index (χ4v) is 2.47. The highest BCUT2D eigenvalue weighted by molar-refractivity contribution is 6.30. The Bertz CT molecular complexity index is 646. The minimum Gasteiger partial charge on any atom is -0.318 e. The van der Waals surface area contributed by atoms with Gasteiger partial charge in [0.05, 0.1) is 5.02 Å². The van der Waals surface area contributed by atoms with Gasteiger partial charge in [-0.1, -0.05) is 11.6 Å². The Morgan fingerprint density at radius 1 is 1.32 bits per heavy atom. The Balaban J connectivity index is 2.52. The zero-order chi connectivity index (χ0) is 14.2. The van der Waals surface area contributed by atoms with Gasteiger partial charge in [0.2, 0.25) is 0 Å². The lowest BCUT2D eigenvalue weighted by Crippen LogP contribution is -2.02. The molecule has 2 rings (SSSR count). The van der Waals surface area contributed by atoms with Gasteiger partial charge < -0.3 is 4.57 Å². The van der Waals surface area contributed by atoms with E-state index in [9.17, 15) is 9.18 Å². The minimum atomic E-state index is -0.433. The highest BCUT2D eigenvalue weighted by Gasteiger charge is 2.13. The second-order valence-corrected chi connectivity index (χ2v) is 5.12. The molecule has 0 atom stereocenters. The molecule has 0 radical (unpaired) electrons. The Morgan fingerprint density at radius 2 is 2.00 bits per heavy atom. The van der Waals surface area contributed by atoms with Crippen molar-refractivity contribution in [3.63, 3.8) is 0 Å². The first-order valence-electron chi connectivity index (χ1n) is 6.03. The summed E-state index contributed by atoms with van der Waals surface area (Å²) in [7, 11) is 0. The van der Waals surface area contributed by atoms with Gasteiger partial charge in [-0.3, -0.25) is 4.79 Å². The van der Waals surface area contributed by atoms with E-state index in [4.69, 9.17) is 11.6 Å². The molecule has 4 heteroatoms. The highest BCUT2D eigenvalue weighted by Crippen LogP contribution is 2.24. The van der Waals surface area contributed by atoms with Gasteiger partial charge in [-0.25, -0.2) is 4.39 Å². The number of halogens is 2. The number of carbonyl (C=O) groups excluding carboxylic acids is 1. The third kappa shape index (κ3) is 2.71. The zero-order valence-corrected chi connectivity index (χ0v) is 11.9. The van der Waals surface area contributed by atoms with Gasteiger partial charge in [-0.05, 0) is 50.6 Å². The van der Waals surface area contributed by atoms with Crippen molar-refractivity contribution in [1.82, 2.24) is 4.57 Å². The SMILES string of the molecule is CC(=O)Cc1cc(C)n(-c2ccc(F)c(Cl)c2)c1C. The van der Waals surface area contributed by atoms with Crippen LogP contribution < -0.4 is 0 Å². The van der Waals surface area contributed by atoms with Gasteiger partial charge in [-0.2, -0.15) is 0 Å². The summed E-state index contributed by atoms with van der Waals surface area (Å²) in [6.07, 6.45) is 0.411. The lowest BCUT2D eigenvalue weighted by atomic mass is 10.1. The summed E-state index contributed by atoms with van der Waals surface area (Å²) < 4.78 is 15.2. The van der Waals surface area contributed by atoms with E-state index < -0.39 is 5.82 Å². The number of Topliss-reactive ketones (excluding diaryl/α,β-unsaturated/α-hetero) is 1. The van der Waals surface area contributed by atoms with E-state index in [2.05, 4.69) is 0 Å². The first-order chi connectivity index (χ1) is 8.90. The molecule has 0 amide bonds. The number of carbonyl (C=O) groups is 1. The second kappa shape index (κ2) is 5.17. The Kier molecular flexibility index (Phi) is 3.76. The van der Waals surface area contributed by atoms with Crippen LogP contribution in [0.15, 0.2) is 24.3 Å². The van der Waals surface area contributed by atoms with Crippen LogP contribution in [-0.2, 0) is 11.2 Å². The Hall–Kier alpha value is -1.61. The molecule has 1 heterocycles. The van der Waals surface area contributed by atoms with Crippen molar-refractivity contribution in [3.05, 3.63) is 52.1 Å². The summed E-state index contributed by atoms with van der Waals surface area (Å²) in [5.74, 6) is -0.311. The summed E-state index contributed by atoms with van der Waals surface area (Å²) >= 11 is 5.82. The quantitative estimate of drug-likeness (QED) is 0.832. The standard InChI is InChI=1S/C15H15ClFNO/c1-9-6-12(7-10(2)19)11(3)18(9)13-4-5-15(17)14(16)8-13/h4-6,8H,7H2,1-3H3. The molecule has 0 unspecified atom stereocenters. The first-order valence-corrected chi connectivity index (χ1v) is 6.40.